The molecule has 4 heteroatoms. The standard InChI is InChI=1S/C43H81NO3/c1-3-5-7-9-11-13-15-17-18-19-20-21-22-23-24-25-26-27-29-31-33-35-37-39-43(47)44-41(40-45)42(46)38-36-34-32-30-28-16-14-12-10-8-6-4-2/h20-21,23-24,36,38,41-42,45-46H,3-19,22,25-35,37,39-40H2,1-2H3,(H,44,47)/b21-20-,24-23-,38-36+. The first-order chi connectivity index (χ1) is 23.2. The van der Waals surface area contributed by atoms with Crippen LogP contribution in [0, 0.1) is 0 Å². The molecule has 0 heterocycles. The molecule has 3 N–H and O–H groups in total. The SMILES string of the molecule is CCCCCCCCCCC/C=C\C/C=C\CCCCCCCCCC(=O)NC(CO)C(O)/C=C/CCCCCCCCCCCC. The lowest BCUT2D eigenvalue weighted by Gasteiger charge is -2.20. The van der Waals surface area contributed by atoms with E-state index in [-0.39, 0.29) is 12.5 Å². The van der Waals surface area contributed by atoms with Gasteiger partial charge >= 0.3 is 0 Å². The number of carbonyl (C=O) groups is 1. The summed E-state index contributed by atoms with van der Waals surface area (Å²) in [5.74, 6) is -0.0728. The predicted octanol–water partition coefficient (Wildman–Crippen LogP) is 12.6. The first-order valence-electron chi connectivity index (χ1n) is 20.7. The van der Waals surface area contributed by atoms with Gasteiger partial charge in [-0.2, -0.15) is 0 Å². The van der Waals surface area contributed by atoms with Gasteiger partial charge < -0.3 is 15.5 Å². The summed E-state index contributed by atoms with van der Waals surface area (Å²) in [6, 6.07) is -0.624. The van der Waals surface area contributed by atoms with Crippen LogP contribution in [0.2, 0.25) is 0 Å². The third-order valence-corrected chi connectivity index (χ3v) is 9.37. The summed E-state index contributed by atoms with van der Waals surface area (Å²) in [7, 11) is 0. The number of allylic oxidation sites excluding steroid dienone is 5. The summed E-state index contributed by atoms with van der Waals surface area (Å²) < 4.78 is 0. The minimum absolute atomic E-state index is 0.0728. The Balaban J connectivity index is 3.58. The number of aliphatic hydroxyl groups excluding tert-OH is 2. The summed E-state index contributed by atoms with van der Waals surface area (Å²) in [4.78, 5) is 12.3. The lowest BCUT2D eigenvalue weighted by atomic mass is 10.1. The Hall–Kier alpha value is -1.39. The van der Waals surface area contributed by atoms with Crippen molar-refractivity contribution in [3.05, 3.63) is 36.5 Å². The highest BCUT2D eigenvalue weighted by atomic mass is 16.3. The molecule has 0 aliphatic rings. The Kier molecular flexibility index (Phi) is 37.9. The third-order valence-electron chi connectivity index (χ3n) is 9.37. The van der Waals surface area contributed by atoms with E-state index in [0.717, 1.165) is 32.1 Å². The summed E-state index contributed by atoms with van der Waals surface area (Å²) in [6.45, 7) is 4.29. The number of aliphatic hydroxyl groups is 2. The maximum atomic E-state index is 12.3. The van der Waals surface area contributed by atoms with Crippen molar-refractivity contribution in [1.29, 1.82) is 0 Å². The molecule has 0 radical (unpaired) electrons. The van der Waals surface area contributed by atoms with Gasteiger partial charge in [-0.25, -0.2) is 0 Å². The van der Waals surface area contributed by atoms with Gasteiger partial charge in [0.05, 0.1) is 18.8 Å². The molecule has 0 aromatic carbocycles. The van der Waals surface area contributed by atoms with Gasteiger partial charge in [-0.15, -0.1) is 0 Å². The van der Waals surface area contributed by atoms with Crippen LogP contribution in [-0.4, -0.2) is 34.9 Å². The van der Waals surface area contributed by atoms with Crippen LogP contribution in [0.4, 0.5) is 0 Å². The second-order valence-electron chi connectivity index (χ2n) is 14.1. The first kappa shape index (κ1) is 45.6. The Morgan fingerprint density at radius 1 is 0.511 bits per heavy atom. The van der Waals surface area contributed by atoms with Crippen molar-refractivity contribution in [2.45, 2.75) is 225 Å². The van der Waals surface area contributed by atoms with Crippen LogP contribution in [-0.2, 0) is 4.79 Å². The first-order valence-corrected chi connectivity index (χ1v) is 20.7. The highest BCUT2D eigenvalue weighted by Gasteiger charge is 2.17. The molecule has 0 aliphatic carbocycles. The fourth-order valence-corrected chi connectivity index (χ4v) is 6.15. The molecule has 0 aromatic heterocycles. The van der Waals surface area contributed by atoms with E-state index >= 15 is 0 Å². The zero-order valence-electron chi connectivity index (χ0n) is 31.5. The van der Waals surface area contributed by atoms with Gasteiger partial charge in [0.1, 0.15) is 0 Å². The minimum Gasteiger partial charge on any atom is -0.394 e. The van der Waals surface area contributed by atoms with E-state index in [1.807, 2.05) is 6.08 Å². The van der Waals surface area contributed by atoms with E-state index in [9.17, 15) is 15.0 Å². The van der Waals surface area contributed by atoms with Crippen LogP contribution < -0.4 is 5.32 Å². The molecular formula is C43H81NO3. The highest BCUT2D eigenvalue weighted by molar-refractivity contribution is 5.76. The smallest absolute Gasteiger partial charge is 0.220 e. The quantitative estimate of drug-likeness (QED) is 0.0459. The zero-order chi connectivity index (χ0) is 34.3. The second-order valence-corrected chi connectivity index (χ2v) is 14.1. The van der Waals surface area contributed by atoms with Gasteiger partial charge in [0, 0.05) is 6.42 Å². The molecule has 0 saturated heterocycles. The lowest BCUT2D eigenvalue weighted by molar-refractivity contribution is -0.123. The van der Waals surface area contributed by atoms with Crippen LogP contribution in [0.15, 0.2) is 36.5 Å². The largest absolute Gasteiger partial charge is 0.394 e. The van der Waals surface area contributed by atoms with Gasteiger partial charge in [0.25, 0.3) is 0 Å². The van der Waals surface area contributed by atoms with E-state index in [1.165, 1.54) is 161 Å². The van der Waals surface area contributed by atoms with Crippen LogP contribution in [0.5, 0.6) is 0 Å². The average molecular weight is 660 g/mol. The van der Waals surface area contributed by atoms with Gasteiger partial charge in [0.15, 0.2) is 0 Å². The number of hydrogen-bond donors (Lipinski definition) is 3. The zero-order valence-corrected chi connectivity index (χ0v) is 31.5. The molecule has 2 unspecified atom stereocenters. The van der Waals surface area contributed by atoms with Crippen LogP contribution in [0.3, 0.4) is 0 Å². The Morgan fingerprint density at radius 2 is 0.872 bits per heavy atom. The Bertz CT molecular complexity index is 716. The maximum Gasteiger partial charge on any atom is 0.220 e. The average Bonchev–Trinajstić information content (AvgIpc) is 3.07. The molecule has 2 atom stereocenters. The fourth-order valence-electron chi connectivity index (χ4n) is 6.15. The van der Waals surface area contributed by atoms with Crippen LogP contribution in [0.25, 0.3) is 0 Å². The topological polar surface area (TPSA) is 69.6 Å². The maximum absolute atomic E-state index is 12.3. The van der Waals surface area contributed by atoms with E-state index < -0.39 is 12.1 Å². The lowest BCUT2D eigenvalue weighted by Crippen LogP contribution is -2.45. The number of amides is 1. The van der Waals surface area contributed by atoms with Gasteiger partial charge in [0.2, 0.25) is 5.91 Å². The number of unbranched alkanes of at least 4 members (excludes halogenated alkanes) is 26. The van der Waals surface area contributed by atoms with E-state index in [1.54, 1.807) is 6.08 Å². The predicted molar refractivity (Wildman–Crippen MR) is 207 cm³/mol. The monoisotopic (exact) mass is 660 g/mol. The fraction of sp³-hybridized carbons (Fsp3) is 0.837. The van der Waals surface area contributed by atoms with Crippen molar-refractivity contribution < 1.29 is 15.0 Å². The molecule has 0 aromatic rings. The molecular weight excluding hydrogens is 578 g/mol. The summed E-state index contributed by atoms with van der Waals surface area (Å²) in [5, 5.41) is 22.9. The van der Waals surface area contributed by atoms with Crippen molar-refractivity contribution >= 4 is 5.91 Å². The van der Waals surface area contributed by atoms with Crippen molar-refractivity contribution in [1.82, 2.24) is 5.32 Å². The molecule has 47 heavy (non-hydrogen) atoms. The van der Waals surface area contributed by atoms with Gasteiger partial charge in [-0.3, -0.25) is 4.79 Å². The van der Waals surface area contributed by atoms with Gasteiger partial charge in [-0.1, -0.05) is 192 Å². The normalized spacial score (nSPS) is 13.4. The van der Waals surface area contributed by atoms with E-state index in [4.69, 9.17) is 0 Å². The molecule has 0 aliphatic heterocycles. The van der Waals surface area contributed by atoms with Crippen molar-refractivity contribution in [2.24, 2.45) is 0 Å². The van der Waals surface area contributed by atoms with Gasteiger partial charge in [-0.05, 0) is 51.4 Å². The highest BCUT2D eigenvalue weighted by Crippen LogP contribution is 2.14. The molecule has 0 bridgehead atoms. The number of nitrogens with one attached hydrogen (secondary N) is 1. The molecule has 0 spiro atoms. The number of rotatable bonds is 37. The van der Waals surface area contributed by atoms with E-state index in [2.05, 4.69) is 43.5 Å². The van der Waals surface area contributed by atoms with Crippen molar-refractivity contribution in [3.8, 4) is 0 Å². The molecule has 0 saturated carbocycles. The number of hydrogen-bond acceptors (Lipinski definition) is 3. The number of carbonyl (C=O) groups excluding carboxylic acids is 1. The Morgan fingerprint density at radius 3 is 1.28 bits per heavy atom. The van der Waals surface area contributed by atoms with Crippen LogP contribution >= 0.6 is 0 Å². The third kappa shape index (κ3) is 35.7. The Labute approximate surface area is 293 Å². The van der Waals surface area contributed by atoms with Crippen molar-refractivity contribution in [2.75, 3.05) is 6.61 Å². The molecule has 0 rings (SSSR count). The summed E-state index contributed by atoms with van der Waals surface area (Å²) >= 11 is 0. The molecule has 1 amide bonds. The van der Waals surface area contributed by atoms with E-state index in [0.29, 0.717) is 6.42 Å². The summed E-state index contributed by atoms with van der Waals surface area (Å²) in [5.41, 5.74) is 0. The molecule has 4 nitrogen and oxygen atoms in total. The molecule has 0 fully saturated rings. The summed E-state index contributed by atoms with van der Waals surface area (Å²) in [6.07, 6.45) is 51.0. The van der Waals surface area contributed by atoms with Crippen molar-refractivity contribution in [3.63, 3.8) is 0 Å². The minimum atomic E-state index is -0.840. The van der Waals surface area contributed by atoms with Crippen LogP contribution in [0.1, 0.15) is 213 Å². The molecule has 276 valence electrons. The second kappa shape index (κ2) is 39.1.